The van der Waals surface area contributed by atoms with Gasteiger partial charge in [-0.05, 0) is 44.2 Å². The van der Waals surface area contributed by atoms with Gasteiger partial charge in [0, 0.05) is 40.7 Å². The fraction of sp³-hybridized carbons (Fsp3) is 0.200. The number of fused-ring (bicyclic) bond motifs is 3. The highest BCUT2D eigenvalue weighted by Gasteiger charge is 2.20. The molecule has 0 spiro atoms. The summed E-state index contributed by atoms with van der Waals surface area (Å²) in [7, 11) is 0. The molecule has 0 unspecified atom stereocenters. The van der Waals surface area contributed by atoms with E-state index in [1.807, 2.05) is 62.6 Å². The third-order valence-corrected chi connectivity index (χ3v) is 4.87. The van der Waals surface area contributed by atoms with Gasteiger partial charge in [0.1, 0.15) is 0 Å². The lowest BCUT2D eigenvalue weighted by molar-refractivity contribution is 0.578. The Morgan fingerprint density at radius 1 is 1.12 bits per heavy atom. The van der Waals surface area contributed by atoms with Gasteiger partial charge in [-0.3, -0.25) is 9.79 Å². The van der Waals surface area contributed by atoms with Crippen LogP contribution >= 0.6 is 11.6 Å². The fourth-order valence-corrected chi connectivity index (χ4v) is 3.48. The van der Waals surface area contributed by atoms with Crippen LogP contribution in [-0.2, 0) is 6.54 Å². The molecule has 2 aromatic heterocycles. The van der Waals surface area contributed by atoms with Crippen molar-refractivity contribution in [3.05, 3.63) is 87.1 Å². The zero-order chi connectivity index (χ0) is 17.6. The van der Waals surface area contributed by atoms with E-state index >= 15 is 0 Å². The van der Waals surface area contributed by atoms with Crippen molar-refractivity contribution in [2.75, 3.05) is 0 Å². The molecular weight excluding hydrogens is 334 g/mol. The quantitative estimate of drug-likeness (QED) is 0.681. The predicted molar refractivity (Wildman–Crippen MR) is 101 cm³/mol. The molecule has 1 aliphatic heterocycles. The maximum Gasteiger partial charge on any atom is 0.251 e. The molecule has 3 heterocycles. The van der Waals surface area contributed by atoms with Crippen LogP contribution in [0.1, 0.15) is 36.7 Å². The molecule has 4 nitrogen and oxygen atoms in total. The summed E-state index contributed by atoms with van der Waals surface area (Å²) in [5.41, 5.74) is 4.60. The third kappa shape index (κ3) is 2.63. The summed E-state index contributed by atoms with van der Waals surface area (Å²) >= 11 is 6.39. The van der Waals surface area contributed by atoms with Gasteiger partial charge in [-0.25, -0.2) is 0 Å². The first-order valence-corrected chi connectivity index (χ1v) is 8.66. The number of hydrogen-bond donors (Lipinski definition) is 0. The average molecular weight is 352 g/mol. The Morgan fingerprint density at radius 2 is 1.96 bits per heavy atom. The predicted octanol–water partition coefficient (Wildman–Crippen LogP) is 4.22. The van der Waals surface area contributed by atoms with Gasteiger partial charge >= 0.3 is 0 Å². The van der Waals surface area contributed by atoms with Gasteiger partial charge in [0.2, 0.25) is 0 Å². The normalized spacial score (nSPS) is 13.2. The van der Waals surface area contributed by atoms with Crippen LogP contribution in [0.4, 0.5) is 0 Å². The van der Waals surface area contributed by atoms with Crippen molar-refractivity contribution in [2.24, 2.45) is 4.99 Å². The molecule has 0 bridgehead atoms. The zero-order valence-electron chi connectivity index (χ0n) is 14.1. The van der Waals surface area contributed by atoms with Crippen LogP contribution < -0.4 is 5.56 Å². The first kappa shape index (κ1) is 15.9. The highest BCUT2D eigenvalue weighted by atomic mass is 35.5. The number of rotatable bonds is 2. The van der Waals surface area contributed by atoms with Gasteiger partial charge in [-0.1, -0.05) is 17.7 Å². The van der Waals surface area contributed by atoms with Crippen LogP contribution in [-0.4, -0.2) is 14.8 Å². The molecule has 0 saturated heterocycles. The first-order valence-electron chi connectivity index (χ1n) is 8.29. The Hall–Kier alpha value is -2.59. The van der Waals surface area contributed by atoms with E-state index in [-0.39, 0.29) is 11.6 Å². The highest BCUT2D eigenvalue weighted by molar-refractivity contribution is 6.31. The van der Waals surface area contributed by atoms with Gasteiger partial charge in [-0.15, -0.1) is 0 Å². The number of hydrogen-bond acceptors (Lipinski definition) is 2. The molecular formula is C20H18ClN3O. The molecule has 4 rings (SSSR count). The second kappa shape index (κ2) is 6.05. The minimum absolute atomic E-state index is 0.0203. The maximum atomic E-state index is 12.4. The summed E-state index contributed by atoms with van der Waals surface area (Å²) in [4.78, 5) is 17.2. The number of benzene rings is 1. The molecule has 0 aliphatic carbocycles. The number of aliphatic imine (C=N–C) groups is 1. The van der Waals surface area contributed by atoms with Crippen molar-refractivity contribution in [2.45, 2.75) is 26.4 Å². The summed E-state index contributed by atoms with van der Waals surface area (Å²) in [6, 6.07) is 13.6. The van der Waals surface area contributed by atoms with E-state index in [0.717, 1.165) is 28.2 Å². The summed E-state index contributed by atoms with van der Waals surface area (Å²) in [6.45, 7) is 4.47. The van der Waals surface area contributed by atoms with Crippen molar-refractivity contribution < 1.29 is 0 Å². The monoisotopic (exact) mass is 351 g/mol. The standard InChI is InChI=1S/C20H18ClN3O/c1-13(2)23-10-8-14(11-19(23)25)20-18-7-4-9-24(18)17-6-3-5-16(21)15(17)12-22-20/h3-11,13H,12H2,1-2H3. The van der Waals surface area contributed by atoms with E-state index in [0.29, 0.717) is 11.6 Å². The Balaban J connectivity index is 1.90. The number of halogens is 1. The number of nitrogens with zero attached hydrogens (tertiary/aromatic N) is 3. The smallest absolute Gasteiger partial charge is 0.251 e. The van der Waals surface area contributed by atoms with Gasteiger partial charge in [-0.2, -0.15) is 0 Å². The average Bonchev–Trinajstić information content (AvgIpc) is 2.99. The fourth-order valence-electron chi connectivity index (χ4n) is 3.26. The summed E-state index contributed by atoms with van der Waals surface area (Å²) in [5, 5.41) is 0.706. The minimum atomic E-state index is -0.0203. The van der Waals surface area contributed by atoms with Crippen molar-refractivity contribution in [3.63, 3.8) is 0 Å². The highest BCUT2D eigenvalue weighted by Crippen LogP contribution is 2.29. The second-order valence-electron chi connectivity index (χ2n) is 6.42. The summed E-state index contributed by atoms with van der Waals surface area (Å²) in [6.07, 6.45) is 3.84. The molecule has 5 heteroatoms. The lowest BCUT2D eigenvalue weighted by Crippen LogP contribution is -2.22. The molecule has 0 amide bonds. The van der Waals surface area contributed by atoms with Gasteiger partial charge < -0.3 is 9.13 Å². The van der Waals surface area contributed by atoms with Crippen LogP contribution in [0, 0.1) is 0 Å². The molecule has 0 saturated carbocycles. The first-order chi connectivity index (χ1) is 12.1. The molecule has 0 atom stereocenters. The van der Waals surface area contributed by atoms with Crippen molar-refractivity contribution in [3.8, 4) is 5.69 Å². The van der Waals surface area contributed by atoms with Crippen LogP contribution in [0.15, 0.2) is 64.6 Å². The Kier molecular flexibility index (Phi) is 3.85. The van der Waals surface area contributed by atoms with E-state index in [1.165, 1.54) is 0 Å². The van der Waals surface area contributed by atoms with Crippen molar-refractivity contribution >= 4 is 17.3 Å². The summed E-state index contributed by atoms with van der Waals surface area (Å²) < 4.78 is 3.80. The lowest BCUT2D eigenvalue weighted by Gasteiger charge is -2.13. The third-order valence-electron chi connectivity index (χ3n) is 4.52. The molecule has 0 N–H and O–H groups in total. The molecule has 25 heavy (non-hydrogen) atoms. The molecule has 126 valence electrons. The van der Waals surface area contributed by atoms with Crippen molar-refractivity contribution in [1.29, 1.82) is 0 Å². The molecule has 0 fully saturated rings. The minimum Gasteiger partial charge on any atom is -0.315 e. The van der Waals surface area contributed by atoms with Crippen LogP contribution in [0.2, 0.25) is 5.02 Å². The number of aromatic nitrogens is 2. The van der Waals surface area contributed by atoms with Gasteiger partial charge in [0.25, 0.3) is 5.56 Å². The van der Waals surface area contributed by atoms with Crippen molar-refractivity contribution in [1.82, 2.24) is 9.13 Å². The van der Waals surface area contributed by atoms with E-state index in [4.69, 9.17) is 16.6 Å². The maximum absolute atomic E-state index is 12.4. The van der Waals surface area contributed by atoms with E-state index in [9.17, 15) is 4.79 Å². The van der Waals surface area contributed by atoms with E-state index in [2.05, 4.69) is 4.57 Å². The van der Waals surface area contributed by atoms with Gasteiger partial charge in [0.05, 0.1) is 23.6 Å². The van der Waals surface area contributed by atoms with Gasteiger partial charge in [0.15, 0.2) is 0 Å². The Morgan fingerprint density at radius 3 is 2.72 bits per heavy atom. The van der Waals surface area contributed by atoms with E-state index in [1.54, 1.807) is 10.6 Å². The topological polar surface area (TPSA) is 39.3 Å². The SMILES string of the molecule is CC(C)n1ccc(C2=NCc3c(Cl)cccc3-n3cccc32)cc1=O. The molecule has 0 radical (unpaired) electrons. The molecule has 1 aliphatic rings. The summed E-state index contributed by atoms with van der Waals surface area (Å²) in [5.74, 6) is 0. The van der Waals surface area contributed by atoms with E-state index < -0.39 is 0 Å². The van der Waals surface area contributed by atoms with Crippen LogP contribution in [0.3, 0.4) is 0 Å². The molecule has 1 aromatic carbocycles. The van der Waals surface area contributed by atoms with Crippen LogP contribution in [0.5, 0.6) is 0 Å². The lowest BCUT2D eigenvalue weighted by atomic mass is 10.1. The molecule has 3 aromatic rings. The van der Waals surface area contributed by atoms with Crippen LogP contribution in [0.25, 0.3) is 5.69 Å². The number of pyridine rings is 1. The Labute approximate surface area is 151 Å². The largest absolute Gasteiger partial charge is 0.315 e. The Bertz CT molecular complexity index is 1040. The second-order valence-corrected chi connectivity index (χ2v) is 6.83. The zero-order valence-corrected chi connectivity index (χ0v) is 14.9.